The number of nitrogens with two attached hydrogens (primary N) is 1. The number of aliphatic carboxylic acids is 1. The van der Waals surface area contributed by atoms with Crippen molar-refractivity contribution in [2.45, 2.75) is 19.4 Å². The number of carboxylic acid groups (broad SMARTS) is 1. The number of aryl methyl sites for hydroxylation is 1. The summed E-state index contributed by atoms with van der Waals surface area (Å²) in [7, 11) is -4.56. The third-order valence-corrected chi connectivity index (χ3v) is 4.72. The largest absolute Gasteiger partial charge is 0.481 e. The van der Waals surface area contributed by atoms with E-state index in [4.69, 9.17) is 15.3 Å². The Morgan fingerprint density at radius 3 is 2.76 bits per heavy atom. The van der Waals surface area contributed by atoms with Crippen LogP contribution in [0, 0.1) is 0 Å². The Hall–Kier alpha value is -2.61. The molecule has 0 spiro atoms. The first-order valence-corrected chi connectivity index (χ1v) is 9.01. The first kappa shape index (κ1) is 17.2. The second kappa shape index (κ2) is 6.36. The molecule has 2 aromatic heterocycles. The van der Waals surface area contributed by atoms with Crippen molar-refractivity contribution < 1.29 is 28.7 Å². The van der Waals surface area contributed by atoms with Crippen LogP contribution < -0.4 is 11.0 Å². The number of nitrogen functional groups attached to an aromatic ring is 1. The maximum Gasteiger partial charge on any atom is 0.360 e. The molecule has 25 heavy (non-hydrogen) atoms. The molecular weight excluding hydrogens is 349 g/mol. The lowest BCUT2D eigenvalue weighted by Crippen LogP contribution is -2.09. The summed E-state index contributed by atoms with van der Waals surface area (Å²) >= 11 is 0. The Kier molecular flexibility index (Phi) is 4.38. The van der Waals surface area contributed by atoms with Gasteiger partial charge in [0.25, 0.3) is 0 Å². The Morgan fingerprint density at radius 1 is 1.32 bits per heavy atom. The predicted molar refractivity (Wildman–Crippen MR) is 90.4 cm³/mol. The Bertz CT molecular complexity index is 986. The van der Waals surface area contributed by atoms with Crippen molar-refractivity contribution in [3.63, 3.8) is 0 Å². The molecule has 0 unspecified atom stereocenters. The van der Waals surface area contributed by atoms with Gasteiger partial charge in [0.05, 0.1) is 17.5 Å². The fourth-order valence-electron chi connectivity index (χ4n) is 2.66. The van der Waals surface area contributed by atoms with Crippen molar-refractivity contribution >= 4 is 35.6 Å². The molecule has 10 heteroatoms. The zero-order chi connectivity index (χ0) is 18.2. The van der Waals surface area contributed by atoms with Gasteiger partial charge in [0.2, 0.25) is 0 Å². The molecule has 0 fully saturated rings. The van der Waals surface area contributed by atoms with E-state index in [2.05, 4.69) is 4.98 Å². The average Bonchev–Trinajstić information content (AvgIpc) is 3.12. The van der Waals surface area contributed by atoms with E-state index in [-0.39, 0.29) is 29.9 Å². The highest BCUT2D eigenvalue weighted by Gasteiger charge is 2.28. The fourth-order valence-corrected chi connectivity index (χ4v) is 3.33. The molecule has 0 saturated carbocycles. The topological polar surface area (TPSA) is 152 Å². The number of furan rings is 1. The first-order chi connectivity index (χ1) is 11.8. The summed E-state index contributed by atoms with van der Waals surface area (Å²) < 4.78 is 18.6. The van der Waals surface area contributed by atoms with E-state index in [1.165, 1.54) is 12.3 Å². The summed E-state index contributed by atoms with van der Waals surface area (Å²) in [5, 5.41) is 8.56. The van der Waals surface area contributed by atoms with Crippen LogP contribution in [0.4, 0.5) is 5.69 Å². The number of hydrogen-bond acceptors (Lipinski definition) is 5. The SMILES string of the molecule is Nc1cccc2c1nc(-c1occc1P(=O)(O)O)n2CCCC(=O)O. The normalized spacial score (nSPS) is 11.9. The summed E-state index contributed by atoms with van der Waals surface area (Å²) in [6.45, 7) is 0.281. The van der Waals surface area contributed by atoms with Crippen LogP contribution in [0.25, 0.3) is 22.6 Å². The van der Waals surface area contributed by atoms with Crippen LogP contribution in [0.15, 0.2) is 34.9 Å². The minimum absolute atomic E-state index is 0.0507. The molecule has 5 N–H and O–H groups in total. The molecule has 3 rings (SSSR count). The quantitative estimate of drug-likeness (QED) is 0.379. The van der Waals surface area contributed by atoms with Crippen molar-refractivity contribution in [2.24, 2.45) is 0 Å². The molecule has 0 saturated heterocycles. The van der Waals surface area contributed by atoms with Crippen molar-refractivity contribution in [2.75, 3.05) is 5.73 Å². The molecule has 0 aliphatic rings. The van der Waals surface area contributed by atoms with Gasteiger partial charge in [-0.05, 0) is 24.6 Å². The van der Waals surface area contributed by atoms with Crippen LogP contribution in [0.1, 0.15) is 12.8 Å². The van der Waals surface area contributed by atoms with Gasteiger partial charge in [-0.1, -0.05) is 6.07 Å². The average molecular weight is 365 g/mol. The number of carbonyl (C=O) groups is 1. The lowest BCUT2D eigenvalue weighted by molar-refractivity contribution is -0.137. The van der Waals surface area contributed by atoms with Crippen molar-refractivity contribution in [3.8, 4) is 11.6 Å². The van der Waals surface area contributed by atoms with Crippen LogP contribution in [-0.4, -0.2) is 30.4 Å². The number of rotatable bonds is 6. The van der Waals surface area contributed by atoms with Crippen LogP contribution >= 0.6 is 7.60 Å². The molecule has 3 aromatic rings. The molecule has 9 nitrogen and oxygen atoms in total. The lowest BCUT2D eigenvalue weighted by Gasteiger charge is -2.09. The standard InChI is InChI=1S/C15H16N3O6P/c16-9-3-1-4-10-13(9)17-15(18(10)7-2-5-12(19)20)14-11(6-8-24-14)25(21,22)23/h1,3-4,6,8H,2,5,7,16H2,(H,19,20)(H2,21,22,23). The first-order valence-electron chi connectivity index (χ1n) is 7.39. The smallest absolute Gasteiger partial charge is 0.360 e. The summed E-state index contributed by atoms with van der Waals surface area (Å²) in [6, 6.07) is 6.33. The number of carboxylic acids is 1. The molecule has 0 aliphatic carbocycles. The van der Waals surface area contributed by atoms with E-state index in [1.807, 2.05) is 0 Å². The molecule has 0 bridgehead atoms. The molecule has 0 atom stereocenters. The van der Waals surface area contributed by atoms with Gasteiger partial charge in [0.1, 0.15) is 10.8 Å². The minimum atomic E-state index is -4.56. The van der Waals surface area contributed by atoms with E-state index in [1.54, 1.807) is 22.8 Å². The molecule has 132 valence electrons. The maximum atomic E-state index is 11.7. The number of aromatic nitrogens is 2. The second-order valence-electron chi connectivity index (χ2n) is 5.48. The van der Waals surface area contributed by atoms with Crippen LogP contribution in [0.3, 0.4) is 0 Å². The number of benzene rings is 1. The van der Waals surface area contributed by atoms with E-state index in [0.29, 0.717) is 23.1 Å². The second-order valence-corrected chi connectivity index (χ2v) is 7.05. The number of nitrogens with zero attached hydrogens (tertiary/aromatic N) is 2. The van der Waals surface area contributed by atoms with Gasteiger partial charge in [-0.2, -0.15) is 0 Å². The van der Waals surface area contributed by atoms with Crippen molar-refractivity contribution in [3.05, 3.63) is 30.5 Å². The highest BCUT2D eigenvalue weighted by atomic mass is 31.2. The number of imidazole rings is 1. The summed E-state index contributed by atoms with van der Waals surface area (Å²) in [6.07, 6.45) is 1.44. The highest BCUT2D eigenvalue weighted by Crippen LogP contribution is 2.39. The Labute approximate surface area is 141 Å². The van der Waals surface area contributed by atoms with Gasteiger partial charge in [-0.3, -0.25) is 9.36 Å². The zero-order valence-corrected chi connectivity index (χ0v) is 13.9. The highest BCUT2D eigenvalue weighted by molar-refractivity contribution is 7.60. The van der Waals surface area contributed by atoms with Gasteiger partial charge in [-0.25, -0.2) is 4.98 Å². The third-order valence-electron chi connectivity index (χ3n) is 3.74. The predicted octanol–water partition coefficient (Wildman–Crippen LogP) is 1.55. The molecule has 1 aromatic carbocycles. The van der Waals surface area contributed by atoms with Gasteiger partial charge in [0.15, 0.2) is 11.6 Å². The molecule has 2 heterocycles. The molecule has 0 amide bonds. The van der Waals surface area contributed by atoms with E-state index < -0.39 is 13.6 Å². The number of para-hydroxylation sites is 1. The molecule has 0 aliphatic heterocycles. The summed E-state index contributed by atoms with van der Waals surface area (Å²) in [5.74, 6) is -0.791. The number of hydrogen-bond donors (Lipinski definition) is 4. The van der Waals surface area contributed by atoms with Crippen LogP contribution in [0.2, 0.25) is 0 Å². The van der Waals surface area contributed by atoms with Crippen molar-refractivity contribution in [1.29, 1.82) is 0 Å². The third kappa shape index (κ3) is 3.30. The molecular formula is C15H16N3O6P. The van der Waals surface area contributed by atoms with Gasteiger partial charge in [0, 0.05) is 13.0 Å². The van der Waals surface area contributed by atoms with Gasteiger partial charge < -0.3 is 29.6 Å². The lowest BCUT2D eigenvalue weighted by atomic mass is 10.2. The Morgan fingerprint density at radius 2 is 2.08 bits per heavy atom. The summed E-state index contributed by atoms with van der Waals surface area (Å²) in [5.41, 5.74) is 7.43. The van der Waals surface area contributed by atoms with Crippen molar-refractivity contribution in [1.82, 2.24) is 9.55 Å². The van der Waals surface area contributed by atoms with E-state index in [0.717, 1.165) is 0 Å². The Balaban J connectivity index is 2.17. The number of fused-ring (bicyclic) bond motifs is 1. The minimum Gasteiger partial charge on any atom is -0.481 e. The molecule has 0 radical (unpaired) electrons. The summed E-state index contributed by atoms with van der Waals surface area (Å²) in [4.78, 5) is 34.2. The number of anilines is 1. The van der Waals surface area contributed by atoms with Gasteiger partial charge in [-0.15, -0.1) is 0 Å². The maximum absolute atomic E-state index is 11.7. The van der Waals surface area contributed by atoms with E-state index in [9.17, 15) is 19.1 Å². The zero-order valence-electron chi connectivity index (χ0n) is 13.0. The monoisotopic (exact) mass is 365 g/mol. The van der Waals surface area contributed by atoms with E-state index >= 15 is 0 Å². The van der Waals surface area contributed by atoms with Gasteiger partial charge >= 0.3 is 13.6 Å². The van der Waals surface area contributed by atoms with Crippen LogP contribution in [-0.2, 0) is 15.9 Å². The van der Waals surface area contributed by atoms with Crippen LogP contribution in [0.5, 0.6) is 0 Å². The fraction of sp³-hybridized carbons (Fsp3) is 0.200.